The van der Waals surface area contributed by atoms with Gasteiger partial charge in [-0.15, -0.1) is 0 Å². The Morgan fingerprint density at radius 1 is 1.03 bits per heavy atom. The second-order valence-corrected chi connectivity index (χ2v) is 11.0. The molecule has 38 heavy (non-hydrogen) atoms. The lowest BCUT2D eigenvalue weighted by Crippen LogP contribution is -2.53. The van der Waals surface area contributed by atoms with Crippen LogP contribution in [0.15, 0.2) is 24.3 Å². The Hall–Kier alpha value is -2.40. The van der Waals surface area contributed by atoms with Gasteiger partial charge in [-0.05, 0) is 31.2 Å². The molecule has 2 amide bonds. The van der Waals surface area contributed by atoms with E-state index in [2.05, 4.69) is 5.32 Å². The van der Waals surface area contributed by atoms with Crippen molar-refractivity contribution in [3.8, 4) is 0 Å². The molecular formula is C25H40F2N3O7P. The maximum atomic E-state index is 13.9. The van der Waals surface area contributed by atoms with E-state index in [1.54, 1.807) is 4.90 Å². The first-order chi connectivity index (χ1) is 17.7. The van der Waals surface area contributed by atoms with E-state index >= 15 is 0 Å². The number of carboxylic acids is 1. The summed E-state index contributed by atoms with van der Waals surface area (Å²) in [5, 5.41) is 11.7. The SMILES string of the molecule is CCCCCN(CCCCC)C(=O)[C@H](CCC(=O)O)NC(=O)[C@@H](N)Cc1ccc(C(F)(F)P(=O)(O)O)cc1. The van der Waals surface area contributed by atoms with Gasteiger partial charge in [0.2, 0.25) is 11.8 Å². The van der Waals surface area contributed by atoms with E-state index in [1.807, 2.05) is 13.8 Å². The van der Waals surface area contributed by atoms with Gasteiger partial charge in [-0.1, -0.05) is 63.8 Å². The molecule has 0 bridgehead atoms. The molecule has 0 unspecified atom stereocenters. The van der Waals surface area contributed by atoms with Crippen molar-refractivity contribution in [1.82, 2.24) is 10.2 Å². The molecule has 6 N–H and O–H groups in total. The van der Waals surface area contributed by atoms with Crippen LogP contribution >= 0.6 is 7.60 Å². The lowest BCUT2D eigenvalue weighted by Gasteiger charge is -2.28. The fourth-order valence-corrected chi connectivity index (χ4v) is 4.30. The Morgan fingerprint density at radius 3 is 2.00 bits per heavy atom. The summed E-state index contributed by atoms with van der Waals surface area (Å²) in [4.78, 5) is 56.7. The standard InChI is InChI=1S/C25H40F2N3O7P/c1-3-5-7-15-30(16-8-6-4-2)24(34)21(13-14-22(31)32)29-23(33)20(28)17-18-9-11-19(12-10-18)25(26,27)38(35,36)37/h9-12,20-21H,3-8,13-17,28H2,1-2H3,(H,29,33)(H,31,32)(H2,35,36,37)/t20-,21-/m0/s1. The maximum Gasteiger partial charge on any atom is 0.399 e. The predicted molar refractivity (Wildman–Crippen MR) is 138 cm³/mol. The number of amides is 2. The van der Waals surface area contributed by atoms with Crippen LogP contribution in [-0.2, 0) is 31.0 Å². The fourth-order valence-electron chi connectivity index (χ4n) is 3.82. The minimum atomic E-state index is -5.71. The van der Waals surface area contributed by atoms with Crippen molar-refractivity contribution in [1.29, 1.82) is 0 Å². The van der Waals surface area contributed by atoms with Gasteiger partial charge in [-0.25, -0.2) is 0 Å². The predicted octanol–water partition coefficient (Wildman–Crippen LogP) is 3.34. The van der Waals surface area contributed by atoms with E-state index in [4.69, 9.17) is 20.6 Å². The van der Waals surface area contributed by atoms with E-state index in [0.29, 0.717) is 18.7 Å². The van der Waals surface area contributed by atoms with E-state index in [-0.39, 0.29) is 25.2 Å². The van der Waals surface area contributed by atoms with Crippen molar-refractivity contribution in [3.05, 3.63) is 35.4 Å². The Kier molecular flexibility index (Phi) is 14.1. The molecule has 0 fully saturated rings. The van der Waals surface area contributed by atoms with Gasteiger partial charge in [-0.3, -0.25) is 18.9 Å². The van der Waals surface area contributed by atoms with Crippen LogP contribution in [0.25, 0.3) is 0 Å². The van der Waals surface area contributed by atoms with Gasteiger partial charge in [-0.2, -0.15) is 8.78 Å². The molecule has 0 aliphatic carbocycles. The Bertz CT molecular complexity index is 947. The first-order valence-corrected chi connectivity index (χ1v) is 14.4. The number of halogens is 2. The third-order valence-corrected chi connectivity index (χ3v) is 7.09. The van der Waals surface area contributed by atoms with E-state index in [1.165, 1.54) is 12.1 Å². The second-order valence-electron chi connectivity index (χ2n) is 9.33. The number of nitrogens with one attached hydrogen (secondary N) is 1. The number of rotatable bonds is 18. The van der Waals surface area contributed by atoms with Crippen LogP contribution in [0.4, 0.5) is 8.78 Å². The summed E-state index contributed by atoms with van der Waals surface area (Å²) in [5.41, 5.74) is 1.11. The topological polar surface area (TPSA) is 170 Å². The Labute approximate surface area is 222 Å². The smallest absolute Gasteiger partial charge is 0.399 e. The molecule has 0 aliphatic heterocycles. The summed E-state index contributed by atoms with van der Waals surface area (Å²) in [6.07, 6.45) is 4.78. The summed E-state index contributed by atoms with van der Waals surface area (Å²) >= 11 is 0. The summed E-state index contributed by atoms with van der Waals surface area (Å²) in [7, 11) is -5.71. The molecule has 1 rings (SSSR count). The first-order valence-electron chi connectivity index (χ1n) is 12.8. The summed E-state index contributed by atoms with van der Waals surface area (Å²) in [5.74, 6) is -2.19. The molecule has 1 aromatic rings. The average molecular weight is 564 g/mol. The van der Waals surface area contributed by atoms with Crippen molar-refractivity contribution < 1.29 is 42.6 Å². The highest BCUT2D eigenvalue weighted by atomic mass is 31.2. The van der Waals surface area contributed by atoms with Gasteiger partial charge < -0.3 is 30.8 Å². The molecule has 10 nitrogen and oxygen atoms in total. The minimum absolute atomic E-state index is 0.107. The van der Waals surface area contributed by atoms with Gasteiger partial charge in [0, 0.05) is 25.1 Å². The fraction of sp³-hybridized carbons (Fsp3) is 0.640. The third kappa shape index (κ3) is 10.8. The number of hydrogen-bond donors (Lipinski definition) is 5. The highest BCUT2D eigenvalue weighted by molar-refractivity contribution is 7.52. The third-order valence-electron chi connectivity index (χ3n) is 6.10. The van der Waals surface area contributed by atoms with Crippen LogP contribution in [0.1, 0.15) is 76.3 Å². The zero-order valence-corrected chi connectivity index (χ0v) is 22.8. The summed E-state index contributed by atoms with van der Waals surface area (Å²) in [6.45, 7) is 5.06. The second kappa shape index (κ2) is 15.9. The number of nitrogens with two attached hydrogens (primary N) is 1. The van der Waals surface area contributed by atoms with Crippen molar-refractivity contribution in [2.45, 2.75) is 89.4 Å². The van der Waals surface area contributed by atoms with Crippen molar-refractivity contribution in [3.63, 3.8) is 0 Å². The average Bonchev–Trinajstić information content (AvgIpc) is 2.84. The quantitative estimate of drug-likeness (QED) is 0.134. The number of benzene rings is 1. The number of carbonyl (C=O) groups excluding carboxylic acids is 2. The number of carbonyl (C=O) groups is 3. The van der Waals surface area contributed by atoms with E-state index in [9.17, 15) is 27.7 Å². The molecule has 0 radical (unpaired) electrons. The van der Waals surface area contributed by atoms with Crippen molar-refractivity contribution in [2.75, 3.05) is 13.1 Å². The van der Waals surface area contributed by atoms with Crippen LogP contribution in [0.5, 0.6) is 0 Å². The zero-order chi connectivity index (χ0) is 28.9. The van der Waals surface area contributed by atoms with Gasteiger partial charge in [0.15, 0.2) is 0 Å². The van der Waals surface area contributed by atoms with E-state index < -0.39 is 42.8 Å². The van der Waals surface area contributed by atoms with Crippen LogP contribution < -0.4 is 11.1 Å². The van der Waals surface area contributed by atoms with Crippen molar-refractivity contribution >= 4 is 25.4 Å². The van der Waals surface area contributed by atoms with E-state index in [0.717, 1.165) is 50.7 Å². The molecule has 1 aromatic carbocycles. The summed E-state index contributed by atoms with van der Waals surface area (Å²) < 4.78 is 38.8. The molecule has 0 saturated heterocycles. The Morgan fingerprint density at radius 2 is 1.55 bits per heavy atom. The van der Waals surface area contributed by atoms with Crippen LogP contribution in [0.2, 0.25) is 0 Å². The lowest BCUT2D eigenvalue weighted by molar-refractivity contribution is -0.139. The van der Waals surface area contributed by atoms with Crippen molar-refractivity contribution in [2.24, 2.45) is 5.73 Å². The van der Waals surface area contributed by atoms with Gasteiger partial charge in [0.25, 0.3) is 0 Å². The highest BCUT2D eigenvalue weighted by Gasteiger charge is 2.50. The molecule has 0 heterocycles. The molecule has 0 spiro atoms. The summed E-state index contributed by atoms with van der Waals surface area (Å²) in [6, 6.07) is 1.80. The van der Waals surface area contributed by atoms with Crippen LogP contribution in [0, 0.1) is 0 Å². The monoisotopic (exact) mass is 563 g/mol. The molecule has 0 aliphatic rings. The number of nitrogens with zero attached hydrogens (tertiary/aromatic N) is 1. The van der Waals surface area contributed by atoms with Crippen LogP contribution in [0.3, 0.4) is 0 Å². The van der Waals surface area contributed by atoms with Crippen LogP contribution in [-0.4, -0.2) is 62.8 Å². The maximum absolute atomic E-state index is 13.9. The van der Waals surface area contributed by atoms with Gasteiger partial charge in [0.1, 0.15) is 6.04 Å². The number of aliphatic carboxylic acids is 1. The molecule has 216 valence electrons. The zero-order valence-electron chi connectivity index (χ0n) is 21.9. The first kappa shape index (κ1) is 33.6. The largest absolute Gasteiger partial charge is 0.481 e. The molecule has 2 atom stereocenters. The van der Waals surface area contributed by atoms with Gasteiger partial charge >= 0.3 is 19.2 Å². The molecule has 0 saturated carbocycles. The lowest BCUT2D eigenvalue weighted by atomic mass is 10.0. The molecule has 13 heteroatoms. The normalized spacial score (nSPS) is 13.6. The number of hydrogen-bond acceptors (Lipinski definition) is 5. The van der Waals surface area contributed by atoms with Gasteiger partial charge in [0.05, 0.1) is 6.04 Å². The minimum Gasteiger partial charge on any atom is -0.481 e. The molecule has 0 aromatic heterocycles. The highest BCUT2D eigenvalue weighted by Crippen LogP contribution is 2.59. The number of alkyl halides is 2. The molecular weight excluding hydrogens is 523 g/mol. The number of unbranched alkanes of at least 4 members (excludes halogenated alkanes) is 4. The number of carboxylic acid groups (broad SMARTS) is 1. The Balaban J connectivity index is 2.96.